The van der Waals surface area contributed by atoms with Gasteiger partial charge in [0.2, 0.25) is 8.83 Å². The zero-order valence-corrected chi connectivity index (χ0v) is 10.5. The van der Waals surface area contributed by atoms with Crippen LogP contribution in [-0.4, -0.2) is 26.8 Å². The standard InChI is InChI=1S/C11H16ClNSi/c1-3-13(4-2)9-10-7-5-6-8-11(10)14-12/h5-8H,3-4,9H2,1-2H3. The highest BCUT2D eigenvalue weighted by Gasteiger charge is 2.05. The highest BCUT2D eigenvalue weighted by molar-refractivity contribution is 7.01. The fourth-order valence-electron chi connectivity index (χ4n) is 1.44. The van der Waals surface area contributed by atoms with Gasteiger partial charge < -0.3 is 0 Å². The van der Waals surface area contributed by atoms with Crippen LogP contribution >= 0.6 is 11.1 Å². The van der Waals surface area contributed by atoms with E-state index in [1.165, 1.54) is 10.8 Å². The molecule has 0 aliphatic carbocycles. The topological polar surface area (TPSA) is 3.24 Å². The number of benzene rings is 1. The minimum absolute atomic E-state index is 0.377. The molecule has 1 rings (SSSR count). The molecule has 0 amide bonds. The maximum absolute atomic E-state index is 5.91. The van der Waals surface area contributed by atoms with E-state index in [4.69, 9.17) is 11.1 Å². The molecule has 0 aliphatic rings. The van der Waals surface area contributed by atoms with Gasteiger partial charge in [-0.2, -0.15) is 11.1 Å². The predicted octanol–water partition coefficient (Wildman–Crippen LogP) is 2.01. The fraction of sp³-hybridized carbons (Fsp3) is 0.455. The van der Waals surface area contributed by atoms with Gasteiger partial charge in [-0.05, 0) is 23.8 Å². The summed E-state index contributed by atoms with van der Waals surface area (Å²) >= 11 is 5.91. The second-order valence-electron chi connectivity index (χ2n) is 3.21. The molecule has 0 aliphatic heterocycles. The van der Waals surface area contributed by atoms with Gasteiger partial charge in [-0.1, -0.05) is 38.1 Å². The van der Waals surface area contributed by atoms with Crippen molar-refractivity contribution < 1.29 is 0 Å². The summed E-state index contributed by atoms with van der Waals surface area (Å²) < 4.78 is 0. The Morgan fingerprint density at radius 1 is 1.21 bits per heavy atom. The number of hydrogen-bond donors (Lipinski definition) is 0. The van der Waals surface area contributed by atoms with Gasteiger partial charge in [0.25, 0.3) is 0 Å². The van der Waals surface area contributed by atoms with Crippen LogP contribution in [0.5, 0.6) is 0 Å². The van der Waals surface area contributed by atoms with Crippen LogP contribution in [0.15, 0.2) is 24.3 Å². The van der Waals surface area contributed by atoms with Gasteiger partial charge in [-0.15, -0.1) is 0 Å². The van der Waals surface area contributed by atoms with Crippen LogP contribution in [0.4, 0.5) is 0 Å². The quantitative estimate of drug-likeness (QED) is 0.548. The largest absolute Gasteiger partial charge is 0.300 e. The summed E-state index contributed by atoms with van der Waals surface area (Å²) in [5, 5.41) is 1.28. The zero-order valence-electron chi connectivity index (χ0n) is 8.76. The molecule has 0 spiro atoms. The first-order valence-electron chi connectivity index (χ1n) is 4.98. The molecular weight excluding hydrogens is 210 g/mol. The Kier molecular flexibility index (Phi) is 5.23. The van der Waals surface area contributed by atoms with E-state index in [2.05, 4.69) is 43.0 Å². The van der Waals surface area contributed by atoms with Crippen molar-refractivity contribution in [3.63, 3.8) is 0 Å². The molecule has 0 saturated carbocycles. The van der Waals surface area contributed by atoms with Gasteiger partial charge in [0.15, 0.2) is 0 Å². The summed E-state index contributed by atoms with van der Waals surface area (Å²) in [6.07, 6.45) is 0. The molecule has 3 heteroatoms. The second-order valence-corrected chi connectivity index (χ2v) is 4.51. The molecule has 0 bridgehead atoms. The van der Waals surface area contributed by atoms with E-state index < -0.39 is 0 Å². The van der Waals surface area contributed by atoms with Crippen molar-refractivity contribution in [1.29, 1.82) is 0 Å². The van der Waals surface area contributed by atoms with Crippen LogP contribution in [0, 0.1) is 0 Å². The van der Waals surface area contributed by atoms with Crippen molar-refractivity contribution in [2.45, 2.75) is 20.4 Å². The number of rotatable bonds is 5. The van der Waals surface area contributed by atoms with E-state index in [0.717, 1.165) is 19.6 Å². The van der Waals surface area contributed by atoms with Crippen LogP contribution in [0.2, 0.25) is 0 Å². The second kappa shape index (κ2) is 6.22. The lowest BCUT2D eigenvalue weighted by atomic mass is 10.2. The molecular formula is C11H16ClNSi. The first-order chi connectivity index (χ1) is 6.81. The number of nitrogens with zero attached hydrogens (tertiary/aromatic N) is 1. The Labute approximate surface area is 93.6 Å². The van der Waals surface area contributed by atoms with Gasteiger partial charge in [0.1, 0.15) is 0 Å². The van der Waals surface area contributed by atoms with Crippen LogP contribution in [0.25, 0.3) is 0 Å². The molecule has 1 aromatic carbocycles. The van der Waals surface area contributed by atoms with Gasteiger partial charge in [-0.3, -0.25) is 4.90 Å². The van der Waals surface area contributed by atoms with Crippen molar-refractivity contribution >= 4 is 25.1 Å². The molecule has 0 N–H and O–H groups in total. The minimum atomic E-state index is 0.377. The van der Waals surface area contributed by atoms with Crippen molar-refractivity contribution in [3.05, 3.63) is 29.8 Å². The molecule has 0 saturated heterocycles. The van der Waals surface area contributed by atoms with Crippen molar-refractivity contribution in [2.75, 3.05) is 13.1 Å². The number of hydrogen-bond acceptors (Lipinski definition) is 1. The Hall–Kier alpha value is -0.313. The predicted molar refractivity (Wildman–Crippen MR) is 64.3 cm³/mol. The normalized spacial score (nSPS) is 10.9. The highest BCUT2D eigenvalue weighted by Crippen LogP contribution is 2.02. The summed E-state index contributed by atoms with van der Waals surface area (Å²) in [6, 6.07) is 8.42. The van der Waals surface area contributed by atoms with E-state index in [1.54, 1.807) is 0 Å². The molecule has 76 valence electrons. The molecule has 0 heterocycles. The lowest BCUT2D eigenvalue weighted by Gasteiger charge is -2.19. The minimum Gasteiger partial charge on any atom is -0.300 e. The van der Waals surface area contributed by atoms with Crippen LogP contribution in [-0.2, 0) is 6.54 Å². The molecule has 0 unspecified atom stereocenters. The van der Waals surface area contributed by atoms with Crippen LogP contribution in [0.1, 0.15) is 19.4 Å². The van der Waals surface area contributed by atoms with Gasteiger partial charge in [0.05, 0.1) is 0 Å². The molecule has 0 atom stereocenters. The molecule has 0 aromatic heterocycles. The molecule has 1 aromatic rings. The maximum Gasteiger partial charge on any atom is 0.210 e. The molecule has 0 fully saturated rings. The van der Waals surface area contributed by atoms with Crippen molar-refractivity contribution in [3.8, 4) is 0 Å². The summed E-state index contributed by atoms with van der Waals surface area (Å²) in [7, 11) is 0.377. The summed E-state index contributed by atoms with van der Waals surface area (Å²) in [6.45, 7) is 7.58. The molecule has 2 radical (unpaired) electrons. The first kappa shape index (κ1) is 11.8. The van der Waals surface area contributed by atoms with E-state index >= 15 is 0 Å². The first-order valence-corrected chi connectivity index (χ1v) is 6.99. The van der Waals surface area contributed by atoms with E-state index in [-0.39, 0.29) is 0 Å². The Bertz CT molecular complexity index is 274. The van der Waals surface area contributed by atoms with Crippen molar-refractivity contribution in [2.24, 2.45) is 0 Å². The third-order valence-corrected chi connectivity index (χ3v) is 3.71. The van der Waals surface area contributed by atoms with Gasteiger partial charge in [-0.25, -0.2) is 0 Å². The Morgan fingerprint density at radius 2 is 1.86 bits per heavy atom. The lowest BCUT2D eigenvalue weighted by Crippen LogP contribution is -2.27. The van der Waals surface area contributed by atoms with Gasteiger partial charge in [0, 0.05) is 6.54 Å². The number of halogens is 1. The summed E-state index contributed by atoms with van der Waals surface area (Å²) in [5.74, 6) is 0. The molecule has 1 nitrogen and oxygen atoms in total. The van der Waals surface area contributed by atoms with E-state index in [0.29, 0.717) is 8.83 Å². The van der Waals surface area contributed by atoms with Crippen LogP contribution in [0.3, 0.4) is 0 Å². The van der Waals surface area contributed by atoms with Crippen molar-refractivity contribution in [1.82, 2.24) is 4.90 Å². The summed E-state index contributed by atoms with van der Waals surface area (Å²) in [5.41, 5.74) is 1.37. The smallest absolute Gasteiger partial charge is 0.210 e. The SMILES string of the molecule is CCN(CC)Cc1ccccc1[Si]Cl. The molecule has 14 heavy (non-hydrogen) atoms. The monoisotopic (exact) mass is 225 g/mol. The lowest BCUT2D eigenvalue weighted by molar-refractivity contribution is 0.296. The zero-order chi connectivity index (χ0) is 10.4. The Morgan fingerprint density at radius 3 is 2.43 bits per heavy atom. The fourth-order valence-corrected chi connectivity index (χ4v) is 2.43. The third-order valence-electron chi connectivity index (χ3n) is 2.41. The van der Waals surface area contributed by atoms with E-state index in [9.17, 15) is 0 Å². The van der Waals surface area contributed by atoms with E-state index in [1.807, 2.05) is 0 Å². The summed E-state index contributed by atoms with van der Waals surface area (Å²) in [4.78, 5) is 2.40. The Balaban J connectivity index is 2.74. The maximum atomic E-state index is 5.91. The average Bonchev–Trinajstić information content (AvgIpc) is 2.26. The van der Waals surface area contributed by atoms with Gasteiger partial charge >= 0.3 is 0 Å². The average molecular weight is 226 g/mol. The van der Waals surface area contributed by atoms with Crippen LogP contribution < -0.4 is 5.19 Å². The highest BCUT2D eigenvalue weighted by atomic mass is 35.6. The third kappa shape index (κ3) is 3.12.